The van der Waals surface area contributed by atoms with E-state index in [1.807, 2.05) is 42.5 Å². The van der Waals surface area contributed by atoms with Crippen molar-refractivity contribution in [1.82, 2.24) is 0 Å². The van der Waals surface area contributed by atoms with E-state index in [0.717, 1.165) is 11.1 Å². The van der Waals surface area contributed by atoms with E-state index in [0.29, 0.717) is 16.2 Å². The monoisotopic (exact) mass is 378 g/mol. The molecule has 0 spiro atoms. The Labute approximate surface area is 160 Å². The number of aromatic hydroxyl groups is 1. The predicted molar refractivity (Wildman–Crippen MR) is 105 cm³/mol. The van der Waals surface area contributed by atoms with Gasteiger partial charge in [-0.15, -0.1) is 0 Å². The molecule has 0 radical (unpaired) electrons. The van der Waals surface area contributed by atoms with E-state index < -0.39 is 0 Å². The van der Waals surface area contributed by atoms with E-state index >= 15 is 0 Å². The largest absolute Gasteiger partial charge is 0.508 e. The molecule has 4 aromatic rings. The van der Waals surface area contributed by atoms with Gasteiger partial charge < -0.3 is 14.3 Å². The molecule has 1 aromatic heterocycles. The molecule has 0 saturated carbocycles. The Morgan fingerprint density at radius 1 is 0.963 bits per heavy atom. The van der Waals surface area contributed by atoms with Crippen molar-refractivity contribution < 1.29 is 14.3 Å². The van der Waals surface area contributed by atoms with Crippen LogP contribution in [-0.2, 0) is 6.61 Å². The van der Waals surface area contributed by atoms with E-state index in [2.05, 4.69) is 0 Å². The van der Waals surface area contributed by atoms with E-state index in [9.17, 15) is 9.90 Å². The van der Waals surface area contributed by atoms with Crippen LogP contribution in [0.3, 0.4) is 0 Å². The summed E-state index contributed by atoms with van der Waals surface area (Å²) in [4.78, 5) is 12.7. The van der Waals surface area contributed by atoms with Crippen LogP contribution in [-0.4, -0.2) is 5.11 Å². The van der Waals surface area contributed by atoms with Crippen LogP contribution < -0.4 is 10.2 Å². The van der Waals surface area contributed by atoms with Gasteiger partial charge in [0.1, 0.15) is 34.8 Å². The first-order valence-electron chi connectivity index (χ1n) is 8.34. The molecule has 134 valence electrons. The molecule has 0 aliphatic carbocycles. The lowest BCUT2D eigenvalue weighted by Crippen LogP contribution is -2.04. The summed E-state index contributed by atoms with van der Waals surface area (Å²) in [6.07, 6.45) is 0. The van der Waals surface area contributed by atoms with Crippen LogP contribution in [0.5, 0.6) is 11.5 Å². The number of hydrogen-bond donors (Lipinski definition) is 1. The van der Waals surface area contributed by atoms with Gasteiger partial charge in [0.25, 0.3) is 0 Å². The van der Waals surface area contributed by atoms with Gasteiger partial charge in [0.05, 0.1) is 0 Å². The van der Waals surface area contributed by atoms with Gasteiger partial charge in [-0.25, -0.2) is 0 Å². The van der Waals surface area contributed by atoms with Gasteiger partial charge in [0.2, 0.25) is 0 Å². The molecule has 27 heavy (non-hydrogen) atoms. The highest BCUT2D eigenvalue weighted by Crippen LogP contribution is 2.31. The molecule has 0 aliphatic rings. The molecule has 1 heterocycles. The highest BCUT2D eigenvalue weighted by molar-refractivity contribution is 6.30. The normalized spacial score (nSPS) is 10.9. The van der Waals surface area contributed by atoms with Crippen molar-refractivity contribution in [2.24, 2.45) is 0 Å². The highest BCUT2D eigenvalue weighted by atomic mass is 35.5. The first kappa shape index (κ1) is 17.2. The van der Waals surface area contributed by atoms with Crippen molar-refractivity contribution in [2.45, 2.75) is 6.61 Å². The standard InChI is InChI=1S/C22H15ClO4/c23-16-8-6-14(7-9-16)13-26-20-10-17(24)11-21-22(20)18(25)12-19(27-21)15-4-2-1-3-5-15/h1-12,24H,13H2. The first-order valence-corrected chi connectivity index (χ1v) is 8.71. The summed E-state index contributed by atoms with van der Waals surface area (Å²) in [7, 11) is 0. The molecule has 0 bridgehead atoms. The minimum atomic E-state index is -0.235. The Bertz CT molecular complexity index is 1150. The maximum absolute atomic E-state index is 12.7. The van der Waals surface area contributed by atoms with E-state index in [-0.39, 0.29) is 29.1 Å². The van der Waals surface area contributed by atoms with Crippen LogP contribution in [0.4, 0.5) is 0 Å². The molecule has 0 saturated heterocycles. The van der Waals surface area contributed by atoms with Gasteiger partial charge >= 0.3 is 0 Å². The first-order chi connectivity index (χ1) is 13.1. The molecule has 0 aliphatic heterocycles. The minimum absolute atomic E-state index is 0.0398. The van der Waals surface area contributed by atoms with E-state index in [4.69, 9.17) is 20.8 Å². The van der Waals surface area contributed by atoms with Crippen LogP contribution in [0.1, 0.15) is 5.56 Å². The molecule has 0 fully saturated rings. The van der Waals surface area contributed by atoms with Gasteiger partial charge in [-0.05, 0) is 17.7 Å². The molecule has 5 heteroatoms. The molecule has 0 atom stereocenters. The van der Waals surface area contributed by atoms with Gasteiger partial charge in [-0.3, -0.25) is 4.79 Å². The second-order valence-corrected chi connectivity index (χ2v) is 6.51. The molecular formula is C22H15ClO4. The fraction of sp³-hybridized carbons (Fsp3) is 0.0455. The lowest BCUT2D eigenvalue weighted by atomic mass is 10.1. The quantitative estimate of drug-likeness (QED) is 0.516. The third-order valence-corrected chi connectivity index (χ3v) is 4.40. The average Bonchev–Trinajstić information content (AvgIpc) is 2.67. The maximum atomic E-state index is 12.7. The third kappa shape index (κ3) is 3.66. The molecule has 4 rings (SSSR count). The minimum Gasteiger partial charge on any atom is -0.508 e. The summed E-state index contributed by atoms with van der Waals surface area (Å²) < 4.78 is 11.6. The Balaban J connectivity index is 1.75. The third-order valence-electron chi connectivity index (χ3n) is 4.15. The average molecular weight is 379 g/mol. The van der Waals surface area contributed by atoms with E-state index in [1.54, 1.807) is 12.1 Å². The van der Waals surface area contributed by atoms with Gasteiger partial charge in [-0.1, -0.05) is 54.1 Å². The molecular weight excluding hydrogens is 364 g/mol. The number of benzene rings is 3. The number of fused-ring (bicyclic) bond motifs is 1. The van der Waals surface area contributed by atoms with E-state index in [1.165, 1.54) is 18.2 Å². The van der Waals surface area contributed by atoms with Crippen molar-refractivity contribution in [1.29, 1.82) is 0 Å². The Morgan fingerprint density at radius 2 is 1.70 bits per heavy atom. The zero-order valence-electron chi connectivity index (χ0n) is 14.2. The summed E-state index contributed by atoms with van der Waals surface area (Å²) >= 11 is 5.89. The van der Waals surface area contributed by atoms with Crippen LogP contribution in [0.25, 0.3) is 22.3 Å². The van der Waals surface area contributed by atoms with Crippen LogP contribution in [0.15, 0.2) is 82.0 Å². The number of ether oxygens (including phenoxy) is 1. The lowest BCUT2D eigenvalue weighted by molar-refractivity contribution is 0.308. The van der Waals surface area contributed by atoms with Crippen molar-refractivity contribution in [2.75, 3.05) is 0 Å². The van der Waals surface area contributed by atoms with Crippen LogP contribution in [0, 0.1) is 0 Å². The topological polar surface area (TPSA) is 59.7 Å². The van der Waals surface area contributed by atoms with Gasteiger partial charge in [0, 0.05) is 28.8 Å². The summed E-state index contributed by atoms with van der Waals surface area (Å²) in [5.74, 6) is 0.664. The summed E-state index contributed by atoms with van der Waals surface area (Å²) in [6, 6.07) is 20.8. The maximum Gasteiger partial charge on any atom is 0.197 e. The van der Waals surface area contributed by atoms with Crippen LogP contribution >= 0.6 is 11.6 Å². The van der Waals surface area contributed by atoms with Crippen molar-refractivity contribution in [3.8, 4) is 22.8 Å². The second-order valence-electron chi connectivity index (χ2n) is 6.07. The lowest BCUT2D eigenvalue weighted by Gasteiger charge is -2.10. The molecule has 0 unspecified atom stereocenters. The van der Waals surface area contributed by atoms with Gasteiger partial charge in [0.15, 0.2) is 5.43 Å². The summed E-state index contributed by atoms with van der Waals surface area (Å²) in [5.41, 5.74) is 1.71. The number of phenolic OH excluding ortho intramolecular Hbond substituents is 1. The Hall–Kier alpha value is -3.24. The number of phenols is 1. The Kier molecular flexibility index (Phi) is 4.57. The van der Waals surface area contributed by atoms with Crippen molar-refractivity contribution >= 4 is 22.6 Å². The summed E-state index contributed by atoms with van der Waals surface area (Å²) in [6.45, 7) is 0.232. The van der Waals surface area contributed by atoms with Crippen LogP contribution in [0.2, 0.25) is 5.02 Å². The zero-order chi connectivity index (χ0) is 18.8. The molecule has 1 N–H and O–H groups in total. The summed E-state index contributed by atoms with van der Waals surface area (Å²) in [5, 5.41) is 11.0. The molecule has 0 amide bonds. The smallest absolute Gasteiger partial charge is 0.197 e. The van der Waals surface area contributed by atoms with Crippen molar-refractivity contribution in [3.63, 3.8) is 0 Å². The highest BCUT2D eigenvalue weighted by Gasteiger charge is 2.14. The number of halogens is 1. The molecule has 4 nitrogen and oxygen atoms in total. The van der Waals surface area contributed by atoms with Crippen molar-refractivity contribution in [3.05, 3.63) is 93.6 Å². The SMILES string of the molecule is O=c1cc(-c2ccccc2)oc2cc(O)cc(OCc3ccc(Cl)cc3)c12. The fourth-order valence-corrected chi connectivity index (χ4v) is 2.96. The second kappa shape index (κ2) is 7.17. The number of hydrogen-bond acceptors (Lipinski definition) is 4. The Morgan fingerprint density at radius 3 is 2.44 bits per heavy atom. The fourth-order valence-electron chi connectivity index (χ4n) is 2.84. The predicted octanol–water partition coefficient (Wildman–Crippen LogP) is 5.40. The zero-order valence-corrected chi connectivity index (χ0v) is 14.9. The molecule has 3 aromatic carbocycles. The number of rotatable bonds is 4. The van der Waals surface area contributed by atoms with Gasteiger partial charge in [-0.2, -0.15) is 0 Å².